The van der Waals surface area contributed by atoms with Gasteiger partial charge in [-0.15, -0.1) is 5.10 Å². The molecule has 6 heteroatoms. The number of nitrogens with two attached hydrogens (primary N) is 1. The highest BCUT2D eigenvalue weighted by Crippen LogP contribution is 2.14. The second-order valence-corrected chi connectivity index (χ2v) is 5.39. The number of para-hydroxylation sites is 1. The van der Waals surface area contributed by atoms with Gasteiger partial charge in [-0.05, 0) is 32.4 Å². The minimum Gasteiger partial charge on any atom is -0.324 e. The van der Waals surface area contributed by atoms with Crippen molar-refractivity contribution in [2.75, 3.05) is 5.32 Å². The molecule has 0 aliphatic carbocycles. The second kappa shape index (κ2) is 5.42. The van der Waals surface area contributed by atoms with E-state index in [0.29, 0.717) is 5.69 Å². The average molecular weight is 273 g/mol. The van der Waals surface area contributed by atoms with Gasteiger partial charge >= 0.3 is 0 Å². The SMILES string of the molecule is Cc1ccccc1NC(=O)Cn1cc(C(C)(C)N)nn1. The van der Waals surface area contributed by atoms with Crippen LogP contribution in [-0.2, 0) is 16.9 Å². The van der Waals surface area contributed by atoms with Gasteiger partial charge in [0, 0.05) is 5.69 Å². The molecular formula is C14H19N5O. The van der Waals surface area contributed by atoms with Crippen LogP contribution in [0.4, 0.5) is 5.69 Å². The Morgan fingerprint density at radius 3 is 2.70 bits per heavy atom. The fourth-order valence-electron chi connectivity index (χ4n) is 1.72. The second-order valence-electron chi connectivity index (χ2n) is 5.39. The quantitative estimate of drug-likeness (QED) is 0.882. The first kappa shape index (κ1) is 14.2. The molecule has 1 aromatic heterocycles. The van der Waals surface area contributed by atoms with Gasteiger partial charge in [0.15, 0.2) is 0 Å². The van der Waals surface area contributed by atoms with Crippen LogP contribution in [0.15, 0.2) is 30.5 Å². The molecule has 2 rings (SSSR count). The van der Waals surface area contributed by atoms with Gasteiger partial charge in [0.05, 0.1) is 11.7 Å². The fraction of sp³-hybridized carbons (Fsp3) is 0.357. The van der Waals surface area contributed by atoms with Gasteiger partial charge in [0.1, 0.15) is 12.2 Å². The van der Waals surface area contributed by atoms with E-state index in [2.05, 4.69) is 15.6 Å². The highest BCUT2D eigenvalue weighted by molar-refractivity contribution is 5.91. The third-order valence-corrected chi connectivity index (χ3v) is 2.92. The minimum atomic E-state index is -0.565. The molecule has 1 aromatic carbocycles. The number of nitrogens with zero attached hydrogens (tertiary/aromatic N) is 3. The van der Waals surface area contributed by atoms with Crippen molar-refractivity contribution in [3.63, 3.8) is 0 Å². The van der Waals surface area contributed by atoms with E-state index in [-0.39, 0.29) is 12.5 Å². The van der Waals surface area contributed by atoms with Gasteiger partial charge in [-0.25, -0.2) is 4.68 Å². The predicted octanol–water partition coefficient (Wildman–Crippen LogP) is 1.42. The molecule has 0 aliphatic rings. The van der Waals surface area contributed by atoms with Gasteiger partial charge in [-0.2, -0.15) is 0 Å². The summed E-state index contributed by atoms with van der Waals surface area (Å²) in [6, 6.07) is 7.62. The van der Waals surface area contributed by atoms with Crippen LogP contribution in [0.2, 0.25) is 0 Å². The van der Waals surface area contributed by atoms with E-state index in [1.54, 1.807) is 6.20 Å². The molecule has 2 aromatic rings. The maximum Gasteiger partial charge on any atom is 0.246 e. The summed E-state index contributed by atoms with van der Waals surface area (Å²) in [6.07, 6.45) is 1.69. The lowest BCUT2D eigenvalue weighted by atomic mass is 10.0. The summed E-state index contributed by atoms with van der Waals surface area (Å²) in [6.45, 7) is 5.74. The number of hydrogen-bond donors (Lipinski definition) is 2. The number of benzene rings is 1. The monoisotopic (exact) mass is 273 g/mol. The van der Waals surface area contributed by atoms with E-state index in [4.69, 9.17) is 5.73 Å². The summed E-state index contributed by atoms with van der Waals surface area (Å²) in [4.78, 5) is 12.0. The van der Waals surface area contributed by atoms with Crippen LogP contribution in [0.5, 0.6) is 0 Å². The molecule has 0 radical (unpaired) electrons. The van der Waals surface area contributed by atoms with Gasteiger partial charge in [0.2, 0.25) is 5.91 Å². The Morgan fingerprint density at radius 1 is 1.40 bits per heavy atom. The van der Waals surface area contributed by atoms with Crippen LogP contribution in [0, 0.1) is 6.92 Å². The Hall–Kier alpha value is -2.21. The standard InChI is InChI=1S/C14H19N5O/c1-10-6-4-5-7-11(10)16-13(20)9-19-8-12(17-18-19)14(2,3)15/h4-8H,9,15H2,1-3H3,(H,16,20). The Balaban J connectivity index is 2.02. The van der Waals surface area contributed by atoms with E-state index in [0.717, 1.165) is 11.3 Å². The Bertz CT molecular complexity index is 612. The van der Waals surface area contributed by atoms with Crippen molar-refractivity contribution < 1.29 is 4.79 Å². The van der Waals surface area contributed by atoms with Gasteiger partial charge in [-0.1, -0.05) is 23.4 Å². The first-order chi connectivity index (χ1) is 9.36. The minimum absolute atomic E-state index is 0.109. The van der Waals surface area contributed by atoms with Crippen LogP contribution >= 0.6 is 0 Å². The summed E-state index contributed by atoms with van der Waals surface area (Å²) in [7, 11) is 0. The summed E-state index contributed by atoms with van der Waals surface area (Å²) < 4.78 is 1.48. The number of nitrogens with one attached hydrogen (secondary N) is 1. The maximum absolute atomic E-state index is 12.0. The predicted molar refractivity (Wildman–Crippen MR) is 77.0 cm³/mol. The molecule has 0 saturated heterocycles. The fourth-order valence-corrected chi connectivity index (χ4v) is 1.72. The number of hydrogen-bond acceptors (Lipinski definition) is 4. The molecule has 0 spiro atoms. The number of amides is 1. The van der Waals surface area contributed by atoms with Crippen LogP contribution in [-0.4, -0.2) is 20.9 Å². The smallest absolute Gasteiger partial charge is 0.246 e. The third kappa shape index (κ3) is 3.42. The zero-order valence-electron chi connectivity index (χ0n) is 11.9. The normalized spacial score (nSPS) is 11.4. The maximum atomic E-state index is 12.0. The van der Waals surface area contributed by atoms with Crippen LogP contribution < -0.4 is 11.1 Å². The number of aromatic nitrogens is 3. The third-order valence-electron chi connectivity index (χ3n) is 2.92. The topological polar surface area (TPSA) is 85.8 Å². The van der Waals surface area contributed by atoms with E-state index < -0.39 is 5.54 Å². The molecule has 1 heterocycles. The highest BCUT2D eigenvalue weighted by Gasteiger charge is 2.18. The molecule has 3 N–H and O–H groups in total. The number of carbonyl (C=O) groups excluding carboxylic acids is 1. The van der Waals surface area contributed by atoms with Crippen LogP contribution in [0.25, 0.3) is 0 Å². The van der Waals surface area contributed by atoms with E-state index >= 15 is 0 Å². The molecule has 1 amide bonds. The Labute approximate surface area is 118 Å². The largest absolute Gasteiger partial charge is 0.324 e. The molecule has 0 unspecified atom stereocenters. The van der Waals surface area contributed by atoms with E-state index in [1.807, 2.05) is 45.0 Å². The van der Waals surface area contributed by atoms with Crippen molar-refractivity contribution in [3.05, 3.63) is 41.7 Å². The molecule has 0 bridgehead atoms. The molecule has 0 saturated carbocycles. The van der Waals surface area contributed by atoms with E-state index in [9.17, 15) is 4.79 Å². The summed E-state index contributed by atoms with van der Waals surface area (Å²) in [5, 5.41) is 10.7. The summed E-state index contributed by atoms with van der Waals surface area (Å²) in [5.41, 5.74) is 7.84. The molecule has 106 valence electrons. The molecule has 6 nitrogen and oxygen atoms in total. The Morgan fingerprint density at radius 2 is 2.10 bits per heavy atom. The van der Waals surface area contributed by atoms with Gasteiger partial charge in [-0.3, -0.25) is 4.79 Å². The molecule has 0 fully saturated rings. The van der Waals surface area contributed by atoms with Crippen molar-refractivity contribution in [2.45, 2.75) is 32.9 Å². The molecule has 0 atom stereocenters. The Kier molecular flexibility index (Phi) is 3.85. The summed E-state index contributed by atoms with van der Waals surface area (Å²) >= 11 is 0. The first-order valence-corrected chi connectivity index (χ1v) is 6.41. The van der Waals surface area contributed by atoms with Gasteiger partial charge < -0.3 is 11.1 Å². The number of rotatable bonds is 4. The van der Waals surface area contributed by atoms with Crippen molar-refractivity contribution >= 4 is 11.6 Å². The zero-order valence-corrected chi connectivity index (χ0v) is 11.9. The number of anilines is 1. The van der Waals surface area contributed by atoms with Crippen LogP contribution in [0.1, 0.15) is 25.1 Å². The number of carbonyl (C=O) groups is 1. The lowest BCUT2D eigenvalue weighted by Crippen LogP contribution is -2.29. The van der Waals surface area contributed by atoms with E-state index in [1.165, 1.54) is 4.68 Å². The molecule has 20 heavy (non-hydrogen) atoms. The first-order valence-electron chi connectivity index (χ1n) is 6.41. The van der Waals surface area contributed by atoms with Gasteiger partial charge in [0.25, 0.3) is 0 Å². The van der Waals surface area contributed by atoms with Crippen LogP contribution in [0.3, 0.4) is 0 Å². The number of aryl methyl sites for hydroxylation is 1. The lowest BCUT2D eigenvalue weighted by molar-refractivity contribution is -0.116. The highest BCUT2D eigenvalue weighted by atomic mass is 16.2. The lowest BCUT2D eigenvalue weighted by Gasteiger charge is -2.13. The molecule has 0 aliphatic heterocycles. The van der Waals surface area contributed by atoms with Crippen molar-refractivity contribution in [1.82, 2.24) is 15.0 Å². The van der Waals surface area contributed by atoms with Crippen molar-refractivity contribution in [1.29, 1.82) is 0 Å². The molecular weight excluding hydrogens is 254 g/mol. The van der Waals surface area contributed by atoms with Crippen molar-refractivity contribution in [3.8, 4) is 0 Å². The zero-order chi connectivity index (χ0) is 14.8. The van der Waals surface area contributed by atoms with Crippen molar-refractivity contribution in [2.24, 2.45) is 5.73 Å². The average Bonchev–Trinajstić information content (AvgIpc) is 2.80. The summed E-state index contributed by atoms with van der Waals surface area (Å²) in [5.74, 6) is -0.148.